The maximum Gasteiger partial charge on any atom is 0.356 e. The van der Waals surface area contributed by atoms with Gasteiger partial charge in [-0.05, 0) is 18.2 Å². The Balaban J connectivity index is 1.80. The van der Waals surface area contributed by atoms with Crippen molar-refractivity contribution in [1.82, 2.24) is 14.5 Å². The average molecular weight is 426 g/mol. The van der Waals surface area contributed by atoms with Crippen molar-refractivity contribution in [2.24, 2.45) is 0 Å². The van der Waals surface area contributed by atoms with Crippen molar-refractivity contribution in [3.8, 4) is 0 Å². The maximum absolute atomic E-state index is 14.2. The van der Waals surface area contributed by atoms with Gasteiger partial charge in [0.15, 0.2) is 6.10 Å². The smallest absolute Gasteiger partial charge is 0.356 e. The Morgan fingerprint density at radius 3 is 2.73 bits per heavy atom. The number of hydrogen-bond donors (Lipinski definition) is 3. The highest BCUT2D eigenvalue weighted by atomic mass is 19.3. The molecule has 3 N–H and O–H groups in total. The predicted octanol–water partition coefficient (Wildman–Crippen LogP) is -0.437. The number of ether oxygens (including phenoxy) is 2. The minimum atomic E-state index is -3.86. The molecule has 0 aliphatic carbocycles. The number of aliphatic hydroxyl groups excluding tert-OH is 2. The third-order valence-electron chi connectivity index (χ3n) is 4.30. The van der Waals surface area contributed by atoms with E-state index in [1.807, 2.05) is 0 Å². The molecule has 3 rings (SSSR count). The van der Waals surface area contributed by atoms with Gasteiger partial charge in [-0.1, -0.05) is 0 Å². The number of alkyl halides is 2. The molecule has 1 saturated heterocycles. The molecule has 3 atom stereocenters. The summed E-state index contributed by atoms with van der Waals surface area (Å²) in [4.78, 5) is 43.3. The number of hydrogen-bond acceptors (Lipinski definition) is 9. The van der Waals surface area contributed by atoms with Crippen LogP contribution >= 0.6 is 0 Å². The molecule has 0 unspecified atom stereocenters. The summed E-state index contributed by atoms with van der Waals surface area (Å²) in [5.74, 6) is -5.61. The molecular formula is C17H16F2N4O7. The van der Waals surface area contributed by atoms with Crippen LogP contribution in [0.2, 0.25) is 0 Å². The number of esters is 1. The number of amides is 1. The van der Waals surface area contributed by atoms with E-state index in [2.05, 4.69) is 20.0 Å². The summed E-state index contributed by atoms with van der Waals surface area (Å²) >= 11 is 0. The Hall–Kier alpha value is -3.29. The molecule has 1 aliphatic heterocycles. The zero-order chi connectivity index (χ0) is 22.1. The zero-order valence-electron chi connectivity index (χ0n) is 15.4. The normalized spacial score (nSPS) is 22.5. The Morgan fingerprint density at radius 1 is 1.40 bits per heavy atom. The van der Waals surface area contributed by atoms with E-state index in [1.165, 1.54) is 12.3 Å². The highest BCUT2D eigenvalue weighted by molar-refractivity contribution is 6.04. The number of anilines is 1. The lowest BCUT2D eigenvalue weighted by Gasteiger charge is -2.21. The maximum atomic E-state index is 14.2. The largest absolute Gasteiger partial charge is 0.464 e. The third kappa shape index (κ3) is 3.90. The standard InChI is InChI=1S/C17H16F2N4O7/c1-29-14(27)9-6-8(2-4-20-9)13(26)21-11-3-5-23(16(28)22-11)15-17(18,19)12(25)10(7-24)30-15/h2-6,10,12,15,24-25H,7H2,1H3,(H,21,22,26,28)/t10-,12-,15-/m1/s1. The van der Waals surface area contributed by atoms with Crippen LogP contribution in [0.4, 0.5) is 14.6 Å². The number of aromatic nitrogens is 3. The second-order valence-corrected chi connectivity index (χ2v) is 6.21. The SMILES string of the molecule is COC(=O)c1cc(C(=O)Nc2ccn([C@@H]3O[C@H](CO)[C@@H](O)C3(F)F)c(=O)n2)ccn1. The van der Waals surface area contributed by atoms with E-state index in [1.54, 1.807) is 0 Å². The first kappa shape index (κ1) is 21.4. The van der Waals surface area contributed by atoms with Crippen LogP contribution in [0, 0.1) is 0 Å². The van der Waals surface area contributed by atoms with Gasteiger partial charge in [-0.3, -0.25) is 9.36 Å². The molecule has 1 amide bonds. The van der Waals surface area contributed by atoms with E-state index in [4.69, 9.17) is 9.84 Å². The van der Waals surface area contributed by atoms with Crippen molar-refractivity contribution in [3.63, 3.8) is 0 Å². The van der Waals surface area contributed by atoms with Gasteiger partial charge in [0.25, 0.3) is 5.91 Å². The quantitative estimate of drug-likeness (QED) is 0.540. The minimum absolute atomic E-state index is 0.0101. The molecule has 2 aromatic rings. The summed E-state index contributed by atoms with van der Waals surface area (Å²) in [6.45, 7) is -0.872. The van der Waals surface area contributed by atoms with Gasteiger partial charge in [-0.2, -0.15) is 13.8 Å². The van der Waals surface area contributed by atoms with Crippen LogP contribution in [0.1, 0.15) is 27.1 Å². The number of rotatable bonds is 5. The molecule has 1 fully saturated rings. The lowest BCUT2D eigenvalue weighted by molar-refractivity contribution is -0.140. The Morgan fingerprint density at radius 2 is 2.13 bits per heavy atom. The molecule has 0 radical (unpaired) electrons. The number of carbonyl (C=O) groups excluding carboxylic acids is 2. The van der Waals surface area contributed by atoms with Crippen LogP contribution in [0.5, 0.6) is 0 Å². The predicted molar refractivity (Wildman–Crippen MR) is 94.0 cm³/mol. The highest BCUT2D eigenvalue weighted by Gasteiger charge is 2.59. The molecule has 0 saturated carbocycles. The van der Waals surface area contributed by atoms with Crippen LogP contribution in [0.15, 0.2) is 35.4 Å². The average Bonchev–Trinajstić information content (AvgIpc) is 2.96. The van der Waals surface area contributed by atoms with Gasteiger partial charge in [-0.25, -0.2) is 14.6 Å². The second kappa shape index (κ2) is 8.22. The Labute approximate surface area is 166 Å². The molecule has 2 aromatic heterocycles. The molecule has 11 nitrogen and oxygen atoms in total. The number of methoxy groups -OCH3 is 1. The van der Waals surface area contributed by atoms with Gasteiger partial charge in [0.05, 0.1) is 13.7 Å². The summed E-state index contributed by atoms with van der Waals surface area (Å²) < 4.78 is 38.2. The van der Waals surface area contributed by atoms with Gasteiger partial charge in [-0.15, -0.1) is 0 Å². The molecule has 30 heavy (non-hydrogen) atoms. The summed E-state index contributed by atoms with van der Waals surface area (Å²) in [5.41, 5.74) is -1.30. The van der Waals surface area contributed by atoms with E-state index in [-0.39, 0.29) is 17.1 Å². The topological polar surface area (TPSA) is 153 Å². The van der Waals surface area contributed by atoms with E-state index in [0.29, 0.717) is 4.57 Å². The number of nitrogens with one attached hydrogen (secondary N) is 1. The highest BCUT2D eigenvalue weighted by Crippen LogP contribution is 2.41. The van der Waals surface area contributed by atoms with Crippen molar-refractivity contribution < 1.29 is 38.1 Å². The second-order valence-electron chi connectivity index (χ2n) is 6.21. The van der Waals surface area contributed by atoms with Crippen LogP contribution in [0.3, 0.4) is 0 Å². The van der Waals surface area contributed by atoms with Crippen LogP contribution < -0.4 is 11.0 Å². The van der Waals surface area contributed by atoms with Gasteiger partial charge in [0.2, 0.25) is 6.23 Å². The number of halogens is 2. The molecule has 0 aromatic carbocycles. The Bertz CT molecular complexity index is 1030. The van der Waals surface area contributed by atoms with Crippen LogP contribution in [-0.2, 0) is 9.47 Å². The van der Waals surface area contributed by atoms with Crippen molar-refractivity contribution in [2.45, 2.75) is 24.4 Å². The number of pyridine rings is 1. The number of nitrogens with zero attached hydrogens (tertiary/aromatic N) is 3. The van der Waals surface area contributed by atoms with E-state index >= 15 is 0 Å². The van der Waals surface area contributed by atoms with E-state index in [9.17, 15) is 28.3 Å². The van der Waals surface area contributed by atoms with Gasteiger partial charge in [0.1, 0.15) is 17.6 Å². The van der Waals surface area contributed by atoms with Gasteiger partial charge >= 0.3 is 17.6 Å². The molecule has 160 valence electrons. The Kier molecular flexibility index (Phi) is 5.87. The fourth-order valence-corrected chi connectivity index (χ4v) is 2.76. The van der Waals surface area contributed by atoms with Crippen LogP contribution in [-0.4, -0.2) is 68.5 Å². The fraction of sp³-hybridized carbons (Fsp3) is 0.353. The third-order valence-corrected chi connectivity index (χ3v) is 4.30. The lowest BCUT2D eigenvalue weighted by Crippen LogP contribution is -2.41. The monoisotopic (exact) mass is 426 g/mol. The summed E-state index contributed by atoms with van der Waals surface area (Å²) in [6.07, 6.45) is -3.96. The summed E-state index contributed by atoms with van der Waals surface area (Å²) in [5, 5.41) is 20.9. The molecular weight excluding hydrogens is 410 g/mol. The van der Waals surface area contributed by atoms with Crippen molar-refractivity contribution in [2.75, 3.05) is 19.0 Å². The molecule has 13 heteroatoms. The number of carbonyl (C=O) groups is 2. The van der Waals surface area contributed by atoms with Gasteiger partial charge < -0.3 is 25.0 Å². The van der Waals surface area contributed by atoms with Gasteiger partial charge in [0, 0.05) is 18.0 Å². The first-order valence-electron chi connectivity index (χ1n) is 8.46. The molecule has 3 heterocycles. The van der Waals surface area contributed by atoms with Crippen molar-refractivity contribution >= 4 is 17.7 Å². The summed E-state index contributed by atoms with van der Waals surface area (Å²) in [7, 11) is 1.15. The number of aliphatic hydroxyl groups is 2. The first-order valence-corrected chi connectivity index (χ1v) is 8.46. The van der Waals surface area contributed by atoms with Crippen LogP contribution in [0.25, 0.3) is 0 Å². The zero-order valence-corrected chi connectivity index (χ0v) is 15.4. The van der Waals surface area contributed by atoms with Crippen molar-refractivity contribution in [1.29, 1.82) is 0 Å². The lowest BCUT2D eigenvalue weighted by atomic mass is 10.1. The molecule has 1 aliphatic rings. The van der Waals surface area contributed by atoms with E-state index in [0.717, 1.165) is 25.4 Å². The first-order chi connectivity index (χ1) is 14.2. The molecule has 0 spiro atoms. The van der Waals surface area contributed by atoms with Crippen molar-refractivity contribution in [3.05, 3.63) is 52.3 Å². The fourth-order valence-electron chi connectivity index (χ4n) is 2.76. The summed E-state index contributed by atoms with van der Waals surface area (Å²) in [6, 6.07) is 3.53. The van der Waals surface area contributed by atoms with E-state index < -0.39 is 48.5 Å². The minimum Gasteiger partial charge on any atom is -0.464 e. The molecule has 0 bridgehead atoms.